The van der Waals surface area contributed by atoms with Crippen LogP contribution >= 0.6 is 0 Å². The van der Waals surface area contributed by atoms with Gasteiger partial charge in [0.25, 0.3) is 0 Å². The van der Waals surface area contributed by atoms with E-state index in [1.54, 1.807) is 0 Å². The summed E-state index contributed by atoms with van der Waals surface area (Å²) in [6.45, 7) is 0.688. The molecule has 0 aliphatic rings. The molecule has 26 heavy (non-hydrogen) atoms. The average Bonchev–Trinajstić information content (AvgIpc) is 2.35. The van der Waals surface area contributed by atoms with Gasteiger partial charge < -0.3 is 4.55 Å². The maximum absolute atomic E-state index is 13.1. The van der Waals surface area contributed by atoms with Gasteiger partial charge in [0.2, 0.25) is 0 Å². The first-order valence-electron chi connectivity index (χ1n) is 5.78. The SMILES string of the molecule is CCCC(F)(F)C(F)(F)C(F)(F)C(F)(F)C(F)(F)C(F)(F)S(=O)(=O)[O-].[Na+]. The number of hydrogen-bond donors (Lipinski definition) is 0. The second kappa shape index (κ2) is 7.48. The molecular formula is C9H7F12NaO3S. The predicted octanol–water partition coefficient (Wildman–Crippen LogP) is 1.11. The molecule has 0 fully saturated rings. The molecule has 0 aromatic heterocycles. The van der Waals surface area contributed by atoms with Crippen LogP contribution in [0.5, 0.6) is 0 Å². The molecule has 0 aliphatic heterocycles. The van der Waals surface area contributed by atoms with E-state index in [1.807, 2.05) is 0 Å². The minimum atomic E-state index is -8.05. The fourth-order valence-electron chi connectivity index (χ4n) is 1.43. The molecule has 0 rings (SSSR count). The molecule has 0 heterocycles. The van der Waals surface area contributed by atoms with E-state index in [2.05, 4.69) is 0 Å². The van der Waals surface area contributed by atoms with Gasteiger partial charge in [-0.25, -0.2) is 8.42 Å². The number of halogens is 12. The summed E-state index contributed by atoms with van der Waals surface area (Å²) in [6.07, 6.45) is -3.26. The Morgan fingerprint density at radius 2 is 1.00 bits per heavy atom. The summed E-state index contributed by atoms with van der Waals surface area (Å²) in [6, 6.07) is 0. The molecule has 0 spiro atoms. The number of alkyl halides is 12. The maximum atomic E-state index is 13.1. The van der Waals surface area contributed by atoms with Crippen LogP contribution in [-0.4, -0.2) is 47.8 Å². The number of hydrogen-bond acceptors (Lipinski definition) is 3. The summed E-state index contributed by atoms with van der Waals surface area (Å²) in [4.78, 5) is 0. The maximum Gasteiger partial charge on any atom is 1.00 e. The van der Waals surface area contributed by atoms with Crippen molar-refractivity contribution in [3.8, 4) is 0 Å². The molecule has 0 bridgehead atoms. The Hall–Kier alpha value is 0.0700. The summed E-state index contributed by atoms with van der Waals surface area (Å²) in [5.74, 6) is -37.2. The summed E-state index contributed by atoms with van der Waals surface area (Å²) < 4.78 is 186. The van der Waals surface area contributed by atoms with E-state index >= 15 is 0 Å². The normalized spacial score (nSPS) is 15.6. The third-order valence-electron chi connectivity index (χ3n) is 2.89. The van der Waals surface area contributed by atoms with Crippen molar-refractivity contribution in [3.05, 3.63) is 0 Å². The Balaban J connectivity index is 0. The molecule has 0 saturated heterocycles. The minimum Gasteiger partial charge on any atom is -0.743 e. The Morgan fingerprint density at radius 1 is 0.692 bits per heavy atom. The van der Waals surface area contributed by atoms with Crippen LogP contribution in [0.15, 0.2) is 0 Å². The molecule has 0 aromatic rings. The van der Waals surface area contributed by atoms with Crippen molar-refractivity contribution in [3.63, 3.8) is 0 Å². The van der Waals surface area contributed by atoms with Gasteiger partial charge in [-0.05, 0) is 0 Å². The van der Waals surface area contributed by atoms with Crippen molar-refractivity contribution in [1.29, 1.82) is 0 Å². The zero-order valence-corrected chi connectivity index (χ0v) is 15.4. The molecule has 17 heteroatoms. The zero-order valence-electron chi connectivity index (χ0n) is 12.6. The van der Waals surface area contributed by atoms with Crippen LogP contribution in [0.3, 0.4) is 0 Å². The summed E-state index contributed by atoms with van der Waals surface area (Å²) >= 11 is 0. The second-order valence-corrected chi connectivity index (χ2v) is 6.14. The topological polar surface area (TPSA) is 57.2 Å². The smallest absolute Gasteiger partial charge is 0.743 e. The predicted molar refractivity (Wildman–Crippen MR) is 54.3 cm³/mol. The first kappa shape index (κ1) is 28.3. The van der Waals surface area contributed by atoms with Crippen LogP contribution in [0.2, 0.25) is 0 Å². The van der Waals surface area contributed by atoms with Crippen LogP contribution in [0, 0.1) is 0 Å². The monoisotopic (exact) mass is 446 g/mol. The Kier molecular flexibility index (Phi) is 8.13. The minimum absolute atomic E-state index is 0. The summed E-state index contributed by atoms with van der Waals surface area (Å²) in [5, 5.41) is -7.51. The van der Waals surface area contributed by atoms with E-state index in [-0.39, 0.29) is 29.6 Å². The Labute approximate surface area is 160 Å². The van der Waals surface area contributed by atoms with E-state index in [0.29, 0.717) is 6.92 Å². The Morgan fingerprint density at radius 3 is 1.27 bits per heavy atom. The van der Waals surface area contributed by atoms with Crippen molar-refractivity contribution in [2.45, 2.75) is 54.6 Å². The van der Waals surface area contributed by atoms with E-state index in [4.69, 9.17) is 0 Å². The molecule has 0 N–H and O–H groups in total. The van der Waals surface area contributed by atoms with Gasteiger partial charge in [-0.2, -0.15) is 52.7 Å². The van der Waals surface area contributed by atoms with Crippen molar-refractivity contribution in [2.75, 3.05) is 0 Å². The van der Waals surface area contributed by atoms with Crippen LogP contribution in [0.25, 0.3) is 0 Å². The second-order valence-electron chi connectivity index (χ2n) is 4.72. The average molecular weight is 446 g/mol. The van der Waals surface area contributed by atoms with Gasteiger partial charge in [0.15, 0.2) is 10.1 Å². The van der Waals surface area contributed by atoms with Crippen molar-refractivity contribution in [2.24, 2.45) is 0 Å². The van der Waals surface area contributed by atoms with Crippen molar-refractivity contribution in [1.82, 2.24) is 0 Å². The third-order valence-corrected chi connectivity index (χ3v) is 3.77. The van der Waals surface area contributed by atoms with Crippen molar-refractivity contribution >= 4 is 10.1 Å². The molecule has 0 saturated carbocycles. The molecule has 0 unspecified atom stereocenters. The first-order valence-corrected chi connectivity index (χ1v) is 7.19. The van der Waals surface area contributed by atoms with Crippen LogP contribution in [0.4, 0.5) is 52.7 Å². The van der Waals surface area contributed by atoms with Crippen LogP contribution < -0.4 is 29.6 Å². The third kappa shape index (κ3) is 3.80. The first-order chi connectivity index (χ1) is 10.6. The fourth-order valence-corrected chi connectivity index (χ4v) is 1.88. The molecule has 3 nitrogen and oxygen atoms in total. The largest absolute Gasteiger partial charge is 1.00 e. The molecule has 152 valence electrons. The van der Waals surface area contributed by atoms with Gasteiger partial charge in [-0.3, -0.25) is 0 Å². The van der Waals surface area contributed by atoms with E-state index in [1.165, 1.54) is 0 Å². The van der Waals surface area contributed by atoms with Crippen molar-refractivity contribution < 1.29 is 95.2 Å². The van der Waals surface area contributed by atoms with Gasteiger partial charge in [0, 0.05) is 6.42 Å². The van der Waals surface area contributed by atoms with E-state index < -0.39 is 57.8 Å². The quantitative estimate of drug-likeness (QED) is 0.319. The molecule has 0 radical (unpaired) electrons. The van der Waals surface area contributed by atoms with Gasteiger partial charge in [-0.1, -0.05) is 13.3 Å². The standard InChI is InChI=1S/C9H8F12O3S.Na/c1-2-3-4(10,11)5(12,13)6(14,15)7(16,17)8(18,19)9(20,21)25(22,23)24;/h2-3H2,1H3,(H,22,23,24);/q;+1/p-1. The van der Waals surface area contributed by atoms with Gasteiger partial charge >= 0.3 is 64.4 Å². The number of rotatable bonds is 8. The molecular weight excluding hydrogens is 439 g/mol. The molecule has 0 aromatic carbocycles. The van der Waals surface area contributed by atoms with Crippen LogP contribution in [0.1, 0.15) is 19.8 Å². The molecule has 0 aliphatic carbocycles. The summed E-state index contributed by atoms with van der Waals surface area (Å²) in [7, 11) is -7.77. The zero-order chi connectivity index (χ0) is 20.9. The van der Waals surface area contributed by atoms with Gasteiger partial charge in [-0.15, -0.1) is 0 Å². The fraction of sp³-hybridized carbons (Fsp3) is 1.00. The van der Waals surface area contributed by atoms with E-state index in [9.17, 15) is 65.7 Å². The molecule has 0 amide bonds. The Bertz CT molecular complexity index is 603. The van der Waals surface area contributed by atoms with E-state index in [0.717, 1.165) is 0 Å². The summed E-state index contributed by atoms with van der Waals surface area (Å²) in [5.41, 5.74) is 0. The van der Waals surface area contributed by atoms with Gasteiger partial charge in [0.1, 0.15) is 0 Å². The van der Waals surface area contributed by atoms with Crippen LogP contribution in [-0.2, 0) is 10.1 Å². The molecule has 0 atom stereocenters. The van der Waals surface area contributed by atoms with Gasteiger partial charge in [0.05, 0.1) is 0 Å².